The highest BCUT2D eigenvalue weighted by molar-refractivity contribution is 4.19. The summed E-state index contributed by atoms with van der Waals surface area (Å²) in [6, 6.07) is 0. The minimum Gasteiger partial charge on any atom is -0.320 e. The third kappa shape index (κ3) is 4.02. The molecule has 0 aromatic heterocycles. The van der Waals surface area contributed by atoms with Crippen molar-refractivity contribution >= 4 is 0 Å². The van der Waals surface area contributed by atoms with Gasteiger partial charge in [-0.15, -0.1) is 0 Å². The Labute approximate surface area is 63.8 Å². The van der Waals surface area contributed by atoms with Gasteiger partial charge < -0.3 is 5.21 Å². The zero-order valence-electron chi connectivity index (χ0n) is 5.39. The Bertz CT molecular complexity index is 155. The van der Waals surface area contributed by atoms with Crippen LogP contribution in [0.5, 0.6) is 0 Å². The molecule has 0 radical (unpaired) electrons. The second-order valence-electron chi connectivity index (χ2n) is 1.20. The lowest BCUT2D eigenvalue weighted by Crippen LogP contribution is -2.36. The topological polar surface area (TPSA) is 176 Å². The van der Waals surface area contributed by atoms with Crippen molar-refractivity contribution in [3.05, 3.63) is 30.3 Å². The summed E-state index contributed by atoms with van der Waals surface area (Å²) in [7, 11) is 0. The third-order valence-electron chi connectivity index (χ3n) is 0.566. The largest absolute Gasteiger partial charge is 0.693 e. The summed E-state index contributed by atoms with van der Waals surface area (Å²) in [5.41, 5.74) is 0. The first kappa shape index (κ1) is 12.8. The maximum atomic E-state index is 9.50. The number of hydrogen-bond donors (Lipinski definition) is 2. The highest BCUT2D eigenvalue weighted by Gasteiger charge is 2.45. The van der Waals surface area contributed by atoms with Crippen molar-refractivity contribution in [1.29, 1.82) is 0 Å². The minimum atomic E-state index is -2.94. The Morgan fingerprint density at radius 2 is 1.08 bits per heavy atom. The molecule has 0 saturated heterocycles. The molecule has 0 saturated carbocycles. The predicted octanol–water partition coefficient (Wildman–Crippen LogP) is -1.57. The second-order valence-corrected chi connectivity index (χ2v) is 1.20. The Morgan fingerprint density at radius 1 is 0.917 bits per heavy atom. The number of nitrogens with two attached hydrogens (primary N) is 1. The van der Waals surface area contributed by atoms with Crippen LogP contribution >= 0.6 is 0 Å². The van der Waals surface area contributed by atoms with Crippen LogP contribution in [0, 0.1) is 30.3 Å². The van der Waals surface area contributed by atoms with E-state index in [4.69, 9.17) is 5.21 Å². The molecule has 0 aliphatic rings. The van der Waals surface area contributed by atoms with Crippen molar-refractivity contribution < 1.29 is 20.0 Å². The van der Waals surface area contributed by atoms with E-state index in [-0.39, 0.29) is 0 Å². The van der Waals surface area contributed by atoms with Crippen LogP contribution in [0.2, 0.25) is 0 Å². The summed E-state index contributed by atoms with van der Waals surface area (Å²) in [5.74, 6) is 3.50. The molecule has 0 unspecified atom stereocenters. The molecule has 0 aromatic carbocycles. The first-order valence-corrected chi connectivity index (χ1v) is 2.13. The maximum absolute atomic E-state index is 9.50. The summed E-state index contributed by atoms with van der Waals surface area (Å²) >= 11 is 0. The van der Waals surface area contributed by atoms with E-state index in [1.54, 1.807) is 0 Å². The summed E-state index contributed by atoms with van der Waals surface area (Å²) < 4.78 is 0. The number of nitrogens with zero attached hydrogens (tertiary/aromatic N) is 3. The average molecular weight is 184 g/mol. The van der Waals surface area contributed by atoms with Gasteiger partial charge in [0.1, 0.15) is 0 Å². The van der Waals surface area contributed by atoms with E-state index in [0.717, 1.165) is 0 Å². The molecule has 0 heterocycles. The SMILES string of the molecule is NO.O=[N+]([O-])C([N+](=O)[O-])[N+](=O)[O-]. The van der Waals surface area contributed by atoms with E-state index in [1.807, 2.05) is 0 Å². The van der Waals surface area contributed by atoms with Gasteiger partial charge in [0.05, 0.1) is 0 Å². The van der Waals surface area contributed by atoms with Crippen molar-refractivity contribution in [2.75, 3.05) is 0 Å². The van der Waals surface area contributed by atoms with E-state index in [1.165, 1.54) is 0 Å². The van der Waals surface area contributed by atoms with Crippen LogP contribution in [0.25, 0.3) is 0 Å². The Morgan fingerprint density at radius 3 is 1.08 bits per heavy atom. The quantitative estimate of drug-likeness (QED) is 0.300. The fourth-order valence-electron chi connectivity index (χ4n) is 0.231. The molecular formula is CH4N4O7. The third-order valence-corrected chi connectivity index (χ3v) is 0.566. The van der Waals surface area contributed by atoms with Gasteiger partial charge in [0.15, 0.2) is 14.8 Å². The van der Waals surface area contributed by atoms with Crippen LogP contribution in [0.4, 0.5) is 0 Å². The summed E-state index contributed by atoms with van der Waals surface area (Å²) in [6.45, 7) is 0. The van der Waals surface area contributed by atoms with Gasteiger partial charge in [-0.1, -0.05) is 0 Å². The van der Waals surface area contributed by atoms with Crippen molar-refractivity contribution in [3.63, 3.8) is 0 Å². The molecule has 0 spiro atoms. The Kier molecular flexibility index (Phi) is 6.25. The molecule has 11 nitrogen and oxygen atoms in total. The minimum absolute atomic E-state index is 1.58. The van der Waals surface area contributed by atoms with Gasteiger partial charge in [-0.25, -0.2) is 5.90 Å². The molecule has 0 rings (SSSR count). The molecule has 3 N–H and O–H groups in total. The number of rotatable bonds is 3. The van der Waals surface area contributed by atoms with E-state index < -0.39 is 21.1 Å². The highest BCUT2D eigenvalue weighted by Crippen LogP contribution is 1.90. The fourth-order valence-corrected chi connectivity index (χ4v) is 0.231. The summed E-state index contributed by atoms with van der Waals surface area (Å²) in [4.78, 5) is 23.8. The lowest BCUT2D eigenvalue weighted by molar-refractivity contribution is -0.912. The predicted molar refractivity (Wildman–Crippen MR) is 30.7 cm³/mol. The molecule has 0 bridgehead atoms. The van der Waals surface area contributed by atoms with Crippen molar-refractivity contribution in [2.24, 2.45) is 5.90 Å². The monoisotopic (exact) mass is 184 g/mol. The smallest absolute Gasteiger partial charge is 0.320 e. The second kappa shape index (κ2) is 5.87. The molecule has 0 aliphatic heterocycles. The van der Waals surface area contributed by atoms with Crippen LogP contribution in [0.1, 0.15) is 0 Å². The van der Waals surface area contributed by atoms with Crippen molar-refractivity contribution in [2.45, 2.75) is 6.29 Å². The molecule has 70 valence electrons. The first-order valence-electron chi connectivity index (χ1n) is 2.13. The maximum Gasteiger partial charge on any atom is 0.693 e. The van der Waals surface area contributed by atoms with Gasteiger partial charge in [-0.05, 0) is 0 Å². The van der Waals surface area contributed by atoms with E-state index in [0.29, 0.717) is 0 Å². The normalized spacial score (nSPS) is 8.25. The zero-order valence-corrected chi connectivity index (χ0v) is 5.39. The van der Waals surface area contributed by atoms with Crippen LogP contribution < -0.4 is 5.90 Å². The van der Waals surface area contributed by atoms with Crippen LogP contribution in [0.15, 0.2) is 0 Å². The average Bonchev–Trinajstić information content (AvgIpc) is 1.88. The number of nitro groups is 3. The molecule has 0 aromatic rings. The molecule has 0 aliphatic carbocycles. The molecule has 0 atom stereocenters. The van der Waals surface area contributed by atoms with E-state index >= 15 is 0 Å². The number of hydrogen-bond acceptors (Lipinski definition) is 8. The van der Waals surface area contributed by atoms with Crippen molar-refractivity contribution in [3.8, 4) is 0 Å². The molecule has 0 amide bonds. The van der Waals surface area contributed by atoms with Gasteiger partial charge in [-0.2, -0.15) is 0 Å². The van der Waals surface area contributed by atoms with Gasteiger partial charge in [0, 0.05) is 0 Å². The Balaban J connectivity index is 0. The van der Waals surface area contributed by atoms with Crippen molar-refractivity contribution in [1.82, 2.24) is 0 Å². The molecule has 0 fully saturated rings. The molecule has 11 heteroatoms. The van der Waals surface area contributed by atoms with Crippen LogP contribution in [-0.2, 0) is 0 Å². The summed E-state index contributed by atoms with van der Waals surface area (Å²) in [5, 5.41) is 35.0. The van der Waals surface area contributed by atoms with Crippen LogP contribution in [-0.4, -0.2) is 26.3 Å². The van der Waals surface area contributed by atoms with Crippen LogP contribution in [0.3, 0.4) is 0 Å². The Hall–Kier alpha value is -1.88. The summed E-state index contributed by atoms with van der Waals surface area (Å²) in [6.07, 6.45) is -2.94. The van der Waals surface area contributed by atoms with Gasteiger partial charge in [0.2, 0.25) is 0 Å². The van der Waals surface area contributed by atoms with E-state index in [2.05, 4.69) is 5.90 Å². The standard InChI is InChI=1S/CHN3O6.H3NO/c5-2(6)1(3(7)8)4(9)10;1-2/h1H;2H,1H2. The first-order chi connectivity index (χ1) is 5.46. The van der Waals surface area contributed by atoms with Gasteiger partial charge in [0.25, 0.3) is 0 Å². The van der Waals surface area contributed by atoms with Gasteiger partial charge >= 0.3 is 6.29 Å². The van der Waals surface area contributed by atoms with E-state index in [9.17, 15) is 30.3 Å². The lowest BCUT2D eigenvalue weighted by Gasteiger charge is -1.90. The fraction of sp³-hybridized carbons (Fsp3) is 1.00. The molecular weight excluding hydrogens is 180 g/mol. The highest BCUT2D eigenvalue weighted by atomic mass is 16.7. The molecule has 12 heavy (non-hydrogen) atoms. The zero-order chi connectivity index (χ0) is 10.3. The van der Waals surface area contributed by atoms with Gasteiger partial charge in [-0.3, -0.25) is 30.3 Å². The lowest BCUT2D eigenvalue weighted by atomic mass is 10.9.